The molecule has 0 bridgehead atoms. The van der Waals surface area contributed by atoms with Crippen molar-refractivity contribution in [1.82, 2.24) is 4.90 Å². The highest BCUT2D eigenvalue weighted by Gasteiger charge is 2.14. The van der Waals surface area contributed by atoms with Gasteiger partial charge in [0.1, 0.15) is 0 Å². The van der Waals surface area contributed by atoms with E-state index in [0.29, 0.717) is 11.6 Å². The SMILES string of the molecule is CC(C)N(Cc1cccc(Cl)c1)C(=O)Cl. The van der Waals surface area contributed by atoms with Crippen LogP contribution in [0.2, 0.25) is 5.02 Å². The minimum Gasteiger partial charge on any atom is -0.322 e. The number of hydrogen-bond donors (Lipinski definition) is 0. The van der Waals surface area contributed by atoms with Gasteiger partial charge < -0.3 is 4.90 Å². The number of hydrogen-bond acceptors (Lipinski definition) is 1. The van der Waals surface area contributed by atoms with Gasteiger partial charge in [-0.15, -0.1) is 0 Å². The monoisotopic (exact) mass is 245 g/mol. The number of carbonyl (C=O) groups is 1. The average molecular weight is 246 g/mol. The molecular formula is C11H13Cl2NO. The quantitative estimate of drug-likeness (QED) is 0.584. The van der Waals surface area contributed by atoms with Crippen molar-refractivity contribution >= 4 is 28.6 Å². The maximum absolute atomic E-state index is 11.1. The van der Waals surface area contributed by atoms with E-state index in [1.807, 2.05) is 32.0 Å². The third kappa shape index (κ3) is 3.73. The van der Waals surface area contributed by atoms with E-state index >= 15 is 0 Å². The predicted molar refractivity (Wildman–Crippen MR) is 63.4 cm³/mol. The van der Waals surface area contributed by atoms with Crippen molar-refractivity contribution in [3.8, 4) is 0 Å². The molecular weight excluding hydrogens is 233 g/mol. The van der Waals surface area contributed by atoms with E-state index in [2.05, 4.69) is 0 Å². The summed E-state index contributed by atoms with van der Waals surface area (Å²) < 4.78 is 0. The van der Waals surface area contributed by atoms with Crippen molar-refractivity contribution in [1.29, 1.82) is 0 Å². The largest absolute Gasteiger partial charge is 0.322 e. The molecule has 0 saturated heterocycles. The lowest BCUT2D eigenvalue weighted by molar-refractivity contribution is 0.204. The van der Waals surface area contributed by atoms with Crippen LogP contribution in [0.3, 0.4) is 0 Å². The molecule has 0 atom stereocenters. The van der Waals surface area contributed by atoms with Crippen molar-refractivity contribution in [3.63, 3.8) is 0 Å². The van der Waals surface area contributed by atoms with Crippen LogP contribution in [-0.4, -0.2) is 16.3 Å². The molecule has 15 heavy (non-hydrogen) atoms. The number of nitrogens with zero attached hydrogens (tertiary/aromatic N) is 1. The summed E-state index contributed by atoms with van der Waals surface area (Å²) in [5, 5.41) is 0.225. The Morgan fingerprint density at radius 1 is 1.47 bits per heavy atom. The standard InChI is InChI=1S/C11H13Cl2NO/c1-8(2)14(11(13)15)7-9-4-3-5-10(12)6-9/h3-6,8H,7H2,1-2H3. The van der Waals surface area contributed by atoms with E-state index in [0.717, 1.165) is 5.56 Å². The van der Waals surface area contributed by atoms with E-state index in [1.165, 1.54) is 0 Å². The van der Waals surface area contributed by atoms with Gasteiger partial charge in [-0.3, -0.25) is 4.79 Å². The summed E-state index contributed by atoms with van der Waals surface area (Å²) in [7, 11) is 0. The van der Waals surface area contributed by atoms with Crippen LogP contribution >= 0.6 is 23.2 Å². The fraction of sp³-hybridized carbons (Fsp3) is 0.364. The maximum Gasteiger partial charge on any atom is 0.316 e. The number of halogens is 2. The second-order valence-electron chi connectivity index (χ2n) is 3.60. The molecule has 1 rings (SSSR count). The maximum atomic E-state index is 11.1. The van der Waals surface area contributed by atoms with Crippen molar-refractivity contribution in [2.45, 2.75) is 26.4 Å². The van der Waals surface area contributed by atoms with E-state index in [9.17, 15) is 4.79 Å². The van der Waals surface area contributed by atoms with Crippen molar-refractivity contribution < 1.29 is 4.79 Å². The predicted octanol–water partition coefficient (Wildman–Crippen LogP) is 3.91. The van der Waals surface area contributed by atoms with E-state index in [-0.39, 0.29) is 6.04 Å². The summed E-state index contributed by atoms with van der Waals surface area (Å²) in [5.41, 5.74) is 0.977. The highest BCUT2D eigenvalue weighted by atomic mass is 35.5. The Labute approximate surface area is 99.8 Å². The van der Waals surface area contributed by atoms with Crippen molar-refractivity contribution in [3.05, 3.63) is 34.9 Å². The number of rotatable bonds is 3. The summed E-state index contributed by atoms with van der Waals surface area (Å²) >= 11 is 11.3. The zero-order valence-electron chi connectivity index (χ0n) is 8.71. The molecule has 4 heteroatoms. The molecule has 2 nitrogen and oxygen atoms in total. The van der Waals surface area contributed by atoms with Gasteiger partial charge in [0.05, 0.1) is 0 Å². The Balaban J connectivity index is 2.79. The Morgan fingerprint density at radius 2 is 2.13 bits per heavy atom. The second kappa shape index (κ2) is 5.38. The molecule has 0 fully saturated rings. The Morgan fingerprint density at radius 3 is 2.60 bits per heavy atom. The summed E-state index contributed by atoms with van der Waals surface area (Å²) in [5.74, 6) is 0. The zero-order chi connectivity index (χ0) is 11.4. The lowest BCUT2D eigenvalue weighted by Crippen LogP contribution is -2.32. The van der Waals surface area contributed by atoms with Crippen LogP contribution in [0.15, 0.2) is 24.3 Å². The van der Waals surface area contributed by atoms with Gasteiger partial charge in [-0.05, 0) is 43.1 Å². The van der Waals surface area contributed by atoms with Crippen LogP contribution in [0.25, 0.3) is 0 Å². The summed E-state index contributed by atoms with van der Waals surface area (Å²) in [6.45, 7) is 4.33. The average Bonchev–Trinajstić information content (AvgIpc) is 2.13. The second-order valence-corrected chi connectivity index (χ2v) is 4.36. The smallest absolute Gasteiger partial charge is 0.316 e. The van der Waals surface area contributed by atoms with Crippen molar-refractivity contribution in [2.75, 3.05) is 0 Å². The molecule has 0 unspecified atom stereocenters. The fourth-order valence-corrected chi connectivity index (χ4v) is 1.75. The molecule has 0 aliphatic rings. The van der Waals surface area contributed by atoms with Crippen LogP contribution in [0.5, 0.6) is 0 Å². The first-order chi connectivity index (χ1) is 7.00. The molecule has 1 aromatic carbocycles. The third-order valence-electron chi connectivity index (χ3n) is 2.09. The lowest BCUT2D eigenvalue weighted by atomic mass is 10.2. The van der Waals surface area contributed by atoms with Crippen LogP contribution < -0.4 is 0 Å². The molecule has 0 N–H and O–H groups in total. The summed E-state index contributed by atoms with van der Waals surface area (Å²) in [4.78, 5) is 12.7. The van der Waals surface area contributed by atoms with Gasteiger partial charge in [0.2, 0.25) is 0 Å². The van der Waals surface area contributed by atoms with Crippen LogP contribution in [0, 0.1) is 0 Å². The molecule has 0 aromatic heterocycles. The molecule has 0 heterocycles. The van der Waals surface area contributed by atoms with Gasteiger partial charge in [-0.1, -0.05) is 23.7 Å². The van der Waals surface area contributed by atoms with Crippen molar-refractivity contribution in [2.24, 2.45) is 0 Å². The number of carbonyl (C=O) groups excluding carboxylic acids is 1. The number of benzene rings is 1. The minimum atomic E-state index is -0.440. The molecule has 1 aromatic rings. The van der Waals surface area contributed by atoms with Gasteiger partial charge in [0.25, 0.3) is 0 Å². The number of amides is 1. The first-order valence-corrected chi connectivity index (χ1v) is 5.47. The van der Waals surface area contributed by atoms with E-state index in [1.54, 1.807) is 11.0 Å². The first kappa shape index (κ1) is 12.3. The topological polar surface area (TPSA) is 20.3 Å². The van der Waals surface area contributed by atoms with E-state index < -0.39 is 5.37 Å². The zero-order valence-corrected chi connectivity index (χ0v) is 10.2. The molecule has 0 spiro atoms. The minimum absolute atomic E-state index is 0.0778. The molecule has 1 amide bonds. The Bertz CT molecular complexity index is 352. The van der Waals surface area contributed by atoms with Crippen LogP contribution in [0.4, 0.5) is 4.79 Å². The van der Waals surface area contributed by atoms with Gasteiger partial charge in [0, 0.05) is 17.6 Å². The molecule has 0 radical (unpaired) electrons. The highest BCUT2D eigenvalue weighted by Crippen LogP contribution is 2.15. The van der Waals surface area contributed by atoms with Gasteiger partial charge in [-0.25, -0.2) is 0 Å². The molecule has 0 saturated carbocycles. The summed E-state index contributed by atoms with van der Waals surface area (Å²) in [6.07, 6.45) is 0. The normalized spacial score (nSPS) is 10.5. The fourth-order valence-electron chi connectivity index (χ4n) is 1.28. The van der Waals surface area contributed by atoms with E-state index in [4.69, 9.17) is 23.2 Å². The van der Waals surface area contributed by atoms with Gasteiger partial charge >= 0.3 is 5.37 Å². The van der Waals surface area contributed by atoms with Crippen LogP contribution in [-0.2, 0) is 6.54 Å². The Hall–Kier alpha value is -0.730. The lowest BCUT2D eigenvalue weighted by Gasteiger charge is -2.23. The first-order valence-electron chi connectivity index (χ1n) is 4.71. The van der Waals surface area contributed by atoms with Crippen LogP contribution in [0.1, 0.15) is 19.4 Å². The Kier molecular flexibility index (Phi) is 4.43. The van der Waals surface area contributed by atoms with Gasteiger partial charge in [-0.2, -0.15) is 0 Å². The molecule has 0 aliphatic heterocycles. The molecule has 0 aliphatic carbocycles. The highest BCUT2D eigenvalue weighted by molar-refractivity contribution is 6.62. The summed E-state index contributed by atoms with van der Waals surface area (Å²) in [6, 6.07) is 7.48. The third-order valence-corrected chi connectivity index (χ3v) is 2.54. The van der Waals surface area contributed by atoms with Gasteiger partial charge in [0.15, 0.2) is 0 Å². The molecule has 82 valence electrons.